The van der Waals surface area contributed by atoms with Crippen LogP contribution in [0, 0.1) is 0 Å². The van der Waals surface area contributed by atoms with Crippen molar-refractivity contribution in [3.63, 3.8) is 0 Å². The first-order valence-electron chi connectivity index (χ1n) is 8.78. The summed E-state index contributed by atoms with van der Waals surface area (Å²) in [6.07, 6.45) is -0.619. The molecule has 0 unspecified atom stereocenters. The van der Waals surface area contributed by atoms with Crippen molar-refractivity contribution in [1.29, 1.82) is 0 Å². The van der Waals surface area contributed by atoms with Crippen LogP contribution in [0.2, 0.25) is 5.04 Å². The molecule has 0 spiro atoms. The highest BCUT2D eigenvalue weighted by Gasteiger charge is 2.51. The summed E-state index contributed by atoms with van der Waals surface area (Å²) in [7, 11) is -2.71. The van der Waals surface area contributed by atoms with E-state index in [0.29, 0.717) is 6.61 Å². The summed E-state index contributed by atoms with van der Waals surface area (Å²) in [4.78, 5) is 12.3. The molecule has 0 radical (unpaired) electrons. The lowest BCUT2D eigenvalue weighted by Crippen LogP contribution is -2.68. The Morgan fingerprint density at radius 3 is 1.76 bits per heavy atom. The SMILES string of the molecule is CCOC(=O)[C@H](C)O[Si](c1ccccc1)(c1ccccc1)C(C)(C)C. The zero-order valence-corrected chi connectivity index (χ0v) is 16.8. The summed E-state index contributed by atoms with van der Waals surface area (Å²) in [6.45, 7) is 10.5. The normalized spacial score (nSPS) is 13.3. The number of ether oxygens (including phenoxy) is 1. The first kappa shape index (κ1) is 19.4. The third-order valence-corrected chi connectivity index (χ3v) is 9.50. The quantitative estimate of drug-likeness (QED) is 0.587. The zero-order valence-electron chi connectivity index (χ0n) is 15.8. The Morgan fingerprint density at radius 1 is 0.960 bits per heavy atom. The molecule has 3 nitrogen and oxygen atoms in total. The molecule has 0 saturated carbocycles. The number of benzene rings is 2. The van der Waals surface area contributed by atoms with Crippen LogP contribution in [-0.4, -0.2) is 27.0 Å². The molecule has 0 aliphatic carbocycles. The van der Waals surface area contributed by atoms with Crippen LogP contribution in [0.25, 0.3) is 0 Å². The van der Waals surface area contributed by atoms with Gasteiger partial charge in [0.15, 0.2) is 0 Å². The van der Waals surface area contributed by atoms with Crippen molar-refractivity contribution in [2.45, 2.75) is 45.8 Å². The van der Waals surface area contributed by atoms with E-state index in [1.807, 2.05) is 43.3 Å². The van der Waals surface area contributed by atoms with Crippen LogP contribution in [0.3, 0.4) is 0 Å². The van der Waals surface area contributed by atoms with Crippen LogP contribution < -0.4 is 10.4 Å². The molecule has 4 heteroatoms. The molecule has 1 atom stereocenters. The minimum Gasteiger partial charge on any atom is -0.464 e. The van der Waals surface area contributed by atoms with Gasteiger partial charge in [-0.05, 0) is 29.3 Å². The van der Waals surface area contributed by atoms with Crippen LogP contribution in [0.15, 0.2) is 60.7 Å². The van der Waals surface area contributed by atoms with Gasteiger partial charge in [-0.1, -0.05) is 81.4 Å². The van der Waals surface area contributed by atoms with E-state index >= 15 is 0 Å². The highest BCUT2D eigenvalue weighted by Crippen LogP contribution is 2.37. The topological polar surface area (TPSA) is 35.5 Å². The predicted molar refractivity (Wildman–Crippen MR) is 105 cm³/mol. The predicted octanol–water partition coefficient (Wildman–Crippen LogP) is 3.51. The molecule has 0 bridgehead atoms. The van der Waals surface area contributed by atoms with Gasteiger partial charge in [0, 0.05) is 0 Å². The van der Waals surface area contributed by atoms with Crippen molar-refractivity contribution in [1.82, 2.24) is 0 Å². The van der Waals surface area contributed by atoms with Crippen molar-refractivity contribution in [3.8, 4) is 0 Å². The monoisotopic (exact) mass is 356 g/mol. The summed E-state index contributed by atoms with van der Waals surface area (Å²) >= 11 is 0. The second-order valence-electron chi connectivity index (χ2n) is 7.18. The third kappa shape index (κ3) is 4.02. The van der Waals surface area contributed by atoms with E-state index in [1.54, 1.807) is 6.92 Å². The van der Waals surface area contributed by atoms with Gasteiger partial charge < -0.3 is 9.16 Å². The molecular formula is C21H28O3Si. The molecule has 0 amide bonds. The lowest BCUT2D eigenvalue weighted by Gasteiger charge is -2.44. The lowest BCUT2D eigenvalue weighted by molar-refractivity contribution is -0.150. The molecule has 0 fully saturated rings. The van der Waals surface area contributed by atoms with Gasteiger partial charge >= 0.3 is 5.97 Å². The Bertz CT molecular complexity index is 638. The van der Waals surface area contributed by atoms with E-state index in [4.69, 9.17) is 9.16 Å². The smallest absolute Gasteiger partial charge is 0.333 e. The number of esters is 1. The fourth-order valence-corrected chi connectivity index (χ4v) is 7.91. The second kappa shape index (κ2) is 7.98. The Morgan fingerprint density at radius 2 is 1.40 bits per heavy atom. The van der Waals surface area contributed by atoms with E-state index in [-0.39, 0.29) is 11.0 Å². The van der Waals surface area contributed by atoms with Gasteiger partial charge in [0.2, 0.25) is 0 Å². The van der Waals surface area contributed by atoms with E-state index in [0.717, 1.165) is 10.4 Å². The summed E-state index contributed by atoms with van der Waals surface area (Å²) in [6, 6.07) is 20.6. The van der Waals surface area contributed by atoms with E-state index in [2.05, 4.69) is 45.0 Å². The molecule has 0 aliphatic rings. The highest BCUT2D eigenvalue weighted by molar-refractivity contribution is 6.99. The molecule has 134 valence electrons. The Labute approximate surface area is 152 Å². The summed E-state index contributed by atoms with van der Waals surface area (Å²) in [5, 5.41) is 2.16. The molecule has 2 rings (SSSR count). The van der Waals surface area contributed by atoms with Crippen molar-refractivity contribution in [3.05, 3.63) is 60.7 Å². The second-order valence-corrected chi connectivity index (χ2v) is 11.4. The average molecular weight is 357 g/mol. The molecule has 25 heavy (non-hydrogen) atoms. The maximum absolute atomic E-state index is 12.3. The molecular weight excluding hydrogens is 328 g/mol. The van der Waals surface area contributed by atoms with Gasteiger partial charge in [-0.25, -0.2) is 4.79 Å². The Hall–Kier alpha value is -1.91. The van der Waals surface area contributed by atoms with Crippen molar-refractivity contribution < 1.29 is 14.0 Å². The minimum absolute atomic E-state index is 0.156. The molecule has 0 saturated heterocycles. The Kier molecular flexibility index (Phi) is 6.19. The summed E-state index contributed by atoms with van der Waals surface area (Å²) in [5.41, 5.74) is 0. The van der Waals surface area contributed by atoms with Crippen LogP contribution in [0.4, 0.5) is 0 Å². The fraction of sp³-hybridized carbons (Fsp3) is 0.381. The van der Waals surface area contributed by atoms with E-state index < -0.39 is 14.4 Å². The average Bonchev–Trinajstić information content (AvgIpc) is 2.60. The van der Waals surface area contributed by atoms with Crippen LogP contribution in [0.5, 0.6) is 0 Å². The molecule has 0 N–H and O–H groups in total. The largest absolute Gasteiger partial charge is 0.464 e. The van der Waals surface area contributed by atoms with E-state index in [9.17, 15) is 4.79 Å². The van der Waals surface area contributed by atoms with Gasteiger partial charge in [0.05, 0.1) is 6.61 Å². The highest BCUT2D eigenvalue weighted by atomic mass is 28.4. The molecule has 0 aromatic heterocycles. The van der Waals surface area contributed by atoms with Crippen LogP contribution >= 0.6 is 0 Å². The van der Waals surface area contributed by atoms with Gasteiger partial charge in [0.25, 0.3) is 8.32 Å². The third-order valence-electron chi connectivity index (χ3n) is 4.39. The van der Waals surface area contributed by atoms with Crippen molar-refractivity contribution in [2.75, 3.05) is 6.61 Å². The number of hydrogen-bond donors (Lipinski definition) is 0. The zero-order chi connectivity index (χ0) is 18.5. The maximum atomic E-state index is 12.3. The summed E-state index contributed by atoms with van der Waals surface area (Å²) < 4.78 is 11.8. The number of carbonyl (C=O) groups excluding carboxylic acids is 1. The van der Waals surface area contributed by atoms with E-state index in [1.165, 1.54) is 0 Å². The van der Waals surface area contributed by atoms with Crippen LogP contribution in [-0.2, 0) is 14.0 Å². The first-order valence-corrected chi connectivity index (χ1v) is 10.7. The van der Waals surface area contributed by atoms with Gasteiger partial charge in [-0.15, -0.1) is 0 Å². The summed E-state index contributed by atoms with van der Waals surface area (Å²) in [5.74, 6) is -0.310. The Balaban J connectivity index is 2.63. The number of rotatable bonds is 6. The molecule has 2 aromatic rings. The maximum Gasteiger partial charge on any atom is 0.333 e. The van der Waals surface area contributed by atoms with Crippen molar-refractivity contribution in [2.24, 2.45) is 0 Å². The minimum atomic E-state index is -2.71. The number of hydrogen-bond acceptors (Lipinski definition) is 3. The lowest BCUT2D eigenvalue weighted by atomic mass is 10.2. The molecule has 0 aliphatic heterocycles. The molecule has 2 aromatic carbocycles. The van der Waals surface area contributed by atoms with Gasteiger partial charge in [-0.2, -0.15) is 0 Å². The molecule has 0 heterocycles. The first-order chi connectivity index (χ1) is 11.8. The van der Waals surface area contributed by atoms with Crippen molar-refractivity contribution >= 4 is 24.7 Å². The standard InChI is InChI=1S/C21H28O3Si/c1-6-23-20(22)17(2)24-25(21(3,4)5,18-13-9-7-10-14-18)19-15-11-8-12-16-19/h7-17H,6H2,1-5H3/t17-/m0/s1. The van der Waals surface area contributed by atoms with Crippen LogP contribution in [0.1, 0.15) is 34.6 Å². The number of carbonyl (C=O) groups is 1. The fourth-order valence-electron chi connectivity index (χ4n) is 3.26. The van der Waals surface area contributed by atoms with Gasteiger partial charge in [0.1, 0.15) is 6.10 Å². The van der Waals surface area contributed by atoms with Gasteiger partial charge in [-0.3, -0.25) is 0 Å².